The number of rotatable bonds is 2. The topological polar surface area (TPSA) is 32.3 Å². The Morgan fingerprint density at radius 2 is 1.83 bits per heavy atom. The van der Waals surface area contributed by atoms with E-state index in [1.165, 1.54) is 51.4 Å². The summed E-state index contributed by atoms with van der Waals surface area (Å²) in [7, 11) is 0. The van der Waals surface area contributed by atoms with Gasteiger partial charge in [-0.15, -0.1) is 0 Å². The summed E-state index contributed by atoms with van der Waals surface area (Å²) in [6, 6.07) is 1.63. The van der Waals surface area contributed by atoms with Crippen molar-refractivity contribution in [3.8, 4) is 0 Å². The van der Waals surface area contributed by atoms with Gasteiger partial charge in [0.05, 0.1) is 6.10 Å². The Morgan fingerprint density at radius 1 is 1.00 bits per heavy atom. The third kappa shape index (κ3) is 2.21. The zero-order valence-electron chi connectivity index (χ0n) is 15.6. The highest BCUT2D eigenvalue weighted by Crippen LogP contribution is 2.64. The van der Waals surface area contributed by atoms with Gasteiger partial charge in [0.1, 0.15) is 0 Å². The number of allylic oxidation sites excluding steroid dienone is 1. The number of aliphatic hydroxyl groups excluding tert-OH is 1. The highest BCUT2D eigenvalue weighted by atomic mass is 16.3. The van der Waals surface area contributed by atoms with Crippen molar-refractivity contribution in [1.82, 2.24) is 5.32 Å². The summed E-state index contributed by atoms with van der Waals surface area (Å²) in [5, 5.41) is 14.1. The lowest BCUT2D eigenvalue weighted by Crippen LogP contribution is -2.53. The van der Waals surface area contributed by atoms with Crippen LogP contribution in [-0.4, -0.2) is 23.3 Å². The van der Waals surface area contributed by atoms with Crippen molar-refractivity contribution >= 4 is 0 Å². The fraction of sp³-hybridized carbons (Fsp3) is 0.909. The Labute approximate surface area is 147 Å². The molecular formula is C22H35NO. The van der Waals surface area contributed by atoms with E-state index in [2.05, 4.69) is 25.2 Å². The third-order valence-corrected chi connectivity index (χ3v) is 9.09. The molecule has 0 spiro atoms. The van der Waals surface area contributed by atoms with Gasteiger partial charge in [-0.25, -0.2) is 0 Å². The van der Waals surface area contributed by atoms with Crippen LogP contribution in [0.25, 0.3) is 0 Å². The maximum absolute atomic E-state index is 10.1. The molecule has 0 amide bonds. The fourth-order valence-corrected chi connectivity index (χ4v) is 7.45. The highest BCUT2D eigenvalue weighted by molar-refractivity contribution is 5.25. The van der Waals surface area contributed by atoms with E-state index < -0.39 is 0 Å². The average molecular weight is 330 g/mol. The van der Waals surface area contributed by atoms with Crippen molar-refractivity contribution in [3.63, 3.8) is 0 Å². The van der Waals surface area contributed by atoms with Crippen LogP contribution in [0.15, 0.2) is 11.6 Å². The van der Waals surface area contributed by atoms with Gasteiger partial charge in [-0.3, -0.25) is 0 Å². The quantitative estimate of drug-likeness (QED) is 0.735. The smallest absolute Gasteiger partial charge is 0.0577 e. The van der Waals surface area contributed by atoms with Crippen LogP contribution < -0.4 is 5.32 Å². The van der Waals surface area contributed by atoms with Crippen LogP contribution in [0.1, 0.15) is 78.1 Å². The van der Waals surface area contributed by atoms with Gasteiger partial charge in [0.2, 0.25) is 0 Å². The van der Waals surface area contributed by atoms with Crippen molar-refractivity contribution in [1.29, 1.82) is 0 Å². The first-order valence-electron chi connectivity index (χ1n) is 10.6. The Morgan fingerprint density at radius 3 is 2.62 bits per heavy atom. The number of aliphatic hydroxyl groups is 1. The lowest BCUT2D eigenvalue weighted by atomic mass is 9.48. The van der Waals surface area contributed by atoms with E-state index in [1.807, 2.05) is 0 Å². The molecule has 134 valence electrons. The van der Waals surface area contributed by atoms with Gasteiger partial charge in [-0.05, 0) is 92.8 Å². The Balaban J connectivity index is 1.42. The van der Waals surface area contributed by atoms with Crippen LogP contribution >= 0.6 is 0 Å². The summed E-state index contributed by atoms with van der Waals surface area (Å²) in [5.41, 5.74) is 2.54. The normalized spacial score (nSPS) is 53.8. The summed E-state index contributed by atoms with van der Waals surface area (Å²) in [6.45, 7) is 5.16. The van der Waals surface area contributed by atoms with Crippen LogP contribution in [0.5, 0.6) is 0 Å². The minimum atomic E-state index is -0.0756. The molecule has 2 heteroatoms. The van der Waals surface area contributed by atoms with Crippen LogP contribution in [-0.2, 0) is 0 Å². The van der Waals surface area contributed by atoms with E-state index in [1.54, 1.807) is 5.57 Å². The van der Waals surface area contributed by atoms with Gasteiger partial charge in [0.25, 0.3) is 0 Å². The second kappa shape index (κ2) is 5.33. The van der Waals surface area contributed by atoms with E-state index in [-0.39, 0.29) is 6.10 Å². The SMILES string of the molecule is C[C@]12CCC(O)CC1=CC[C@@H]1[C@H]2CC[C@]2(C)C(NC3CC3)CC[C@@H]12. The predicted molar refractivity (Wildman–Crippen MR) is 97.7 cm³/mol. The third-order valence-electron chi connectivity index (χ3n) is 9.09. The molecule has 4 saturated carbocycles. The van der Waals surface area contributed by atoms with Gasteiger partial charge in [-0.1, -0.05) is 25.5 Å². The molecule has 2 N–H and O–H groups in total. The molecule has 7 atom stereocenters. The average Bonchev–Trinajstić information content (AvgIpc) is 3.31. The molecule has 0 aromatic carbocycles. The highest BCUT2D eigenvalue weighted by Gasteiger charge is 2.58. The Hall–Kier alpha value is -0.340. The van der Waals surface area contributed by atoms with E-state index in [4.69, 9.17) is 0 Å². The molecule has 0 aromatic heterocycles. The first-order valence-corrected chi connectivity index (χ1v) is 10.6. The molecule has 2 unspecified atom stereocenters. The summed E-state index contributed by atoms with van der Waals surface area (Å²) >= 11 is 0. The van der Waals surface area contributed by atoms with Gasteiger partial charge in [-0.2, -0.15) is 0 Å². The minimum absolute atomic E-state index is 0.0756. The zero-order chi connectivity index (χ0) is 16.5. The standard InChI is InChI=1S/C22H35NO/c1-21-11-9-16(24)13-14(21)3-6-17-18-7-8-20(23-15-4-5-15)22(18,2)12-10-19(17)21/h3,15-20,23-24H,4-13H2,1-2H3/t16?,17-,18-,19+,20?,21-,22-/m0/s1. The molecule has 0 saturated heterocycles. The van der Waals surface area contributed by atoms with Gasteiger partial charge in [0.15, 0.2) is 0 Å². The molecule has 0 heterocycles. The number of hydrogen-bond acceptors (Lipinski definition) is 2. The van der Waals surface area contributed by atoms with E-state index in [0.29, 0.717) is 10.8 Å². The lowest BCUT2D eigenvalue weighted by Gasteiger charge is -2.58. The van der Waals surface area contributed by atoms with Crippen LogP contribution in [0.4, 0.5) is 0 Å². The van der Waals surface area contributed by atoms with Gasteiger partial charge >= 0.3 is 0 Å². The molecule has 5 aliphatic carbocycles. The summed E-state index contributed by atoms with van der Waals surface area (Å²) in [6.07, 6.45) is 15.5. The van der Waals surface area contributed by atoms with Gasteiger partial charge in [0, 0.05) is 12.1 Å². The summed E-state index contributed by atoms with van der Waals surface area (Å²) in [4.78, 5) is 0. The maximum Gasteiger partial charge on any atom is 0.0577 e. The second-order valence-electron chi connectivity index (χ2n) is 10.3. The lowest BCUT2D eigenvalue weighted by molar-refractivity contribution is -0.0435. The zero-order valence-corrected chi connectivity index (χ0v) is 15.6. The molecule has 24 heavy (non-hydrogen) atoms. The monoisotopic (exact) mass is 329 g/mol. The predicted octanol–water partition coefficient (Wildman–Crippen LogP) is 4.43. The van der Waals surface area contributed by atoms with Gasteiger partial charge < -0.3 is 10.4 Å². The summed E-state index contributed by atoms with van der Waals surface area (Å²) < 4.78 is 0. The molecule has 0 bridgehead atoms. The largest absolute Gasteiger partial charge is 0.393 e. The number of fused-ring (bicyclic) bond motifs is 5. The van der Waals surface area contributed by atoms with Crippen molar-refractivity contribution < 1.29 is 5.11 Å². The molecule has 0 aromatic rings. The van der Waals surface area contributed by atoms with E-state index in [0.717, 1.165) is 42.7 Å². The van der Waals surface area contributed by atoms with Crippen molar-refractivity contribution in [2.75, 3.05) is 0 Å². The van der Waals surface area contributed by atoms with Crippen molar-refractivity contribution in [2.45, 2.75) is 96.2 Å². The first kappa shape index (κ1) is 15.9. The number of hydrogen-bond donors (Lipinski definition) is 2. The van der Waals surface area contributed by atoms with Crippen molar-refractivity contribution in [3.05, 3.63) is 11.6 Å². The molecule has 0 radical (unpaired) electrons. The minimum Gasteiger partial charge on any atom is -0.393 e. The molecule has 5 rings (SSSR count). The molecule has 0 aliphatic heterocycles. The fourth-order valence-electron chi connectivity index (χ4n) is 7.45. The maximum atomic E-state index is 10.1. The molecule has 4 fully saturated rings. The van der Waals surface area contributed by atoms with Crippen molar-refractivity contribution in [2.24, 2.45) is 28.6 Å². The number of nitrogens with one attached hydrogen (secondary N) is 1. The van der Waals surface area contributed by atoms with E-state index >= 15 is 0 Å². The summed E-state index contributed by atoms with van der Waals surface area (Å²) in [5.74, 6) is 2.70. The molecule has 5 aliphatic rings. The molecular weight excluding hydrogens is 294 g/mol. The van der Waals surface area contributed by atoms with E-state index in [9.17, 15) is 5.11 Å². The Kier molecular flexibility index (Phi) is 3.53. The Bertz CT molecular complexity index is 552. The first-order chi connectivity index (χ1) is 11.5. The van der Waals surface area contributed by atoms with Crippen LogP contribution in [0.2, 0.25) is 0 Å². The van der Waals surface area contributed by atoms with Crippen LogP contribution in [0, 0.1) is 28.6 Å². The molecule has 2 nitrogen and oxygen atoms in total. The second-order valence-corrected chi connectivity index (χ2v) is 10.3. The van der Waals surface area contributed by atoms with Crippen LogP contribution in [0.3, 0.4) is 0 Å².